The molecular weight excluding hydrogens is 226 g/mol. The van der Waals surface area contributed by atoms with Gasteiger partial charge in [0, 0.05) is 38.7 Å². The Hall–Kier alpha value is -0.870. The molecule has 0 spiro atoms. The van der Waals surface area contributed by atoms with Crippen molar-refractivity contribution in [3.8, 4) is 0 Å². The summed E-state index contributed by atoms with van der Waals surface area (Å²) in [5.74, 6) is 1.60. The SMILES string of the molecule is OCC1CCn2cc(CCN3CCCC3)nc2C1. The van der Waals surface area contributed by atoms with Crippen LogP contribution < -0.4 is 0 Å². The number of likely N-dealkylation sites (tertiary alicyclic amines) is 1. The fourth-order valence-corrected chi connectivity index (χ4v) is 3.11. The summed E-state index contributed by atoms with van der Waals surface area (Å²) < 4.78 is 2.28. The van der Waals surface area contributed by atoms with Gasteiger partial charge in [-0.1, -0.05) is 0 Å². The molecule has 1 saturated heterocycles. The minimum atomic E-state index is 0.302. The lowest BCUT2D eigenvalue weighted by atomic mass is 9.99. The normalized spacial score (nSPS) is 24.4. The van der Waals surface area contributed by atoms with Gasteiger partial charge in [-0.2, -0.15) is 0 Å². The molecule has 1 aromatic rings. The topological polar surface area (TPSA) is 41.3 Å². The number of fused-ring (bicyclic) bond motifs is 1. The molecule has 0 saturated carbocycles. The molecule has 1 N–H and O–H groups in total. The first kappa shape index (κ1) is 12.2. The number of aliphatic hydroxyl groups excluding tert-OH is 1. The fraction of sp³-hybridized carbons (Fsp3) is 0.786. The van der Waals surface area contributed by atoms with E-state index < -0.39 is 0 Å². The van der Waals surface area contributed by atoms with Crippen molar-refractivity contribution in [2.75, 3.05) is 26.2 Å². The van der Waals surface area contributed by atoms with Crippen LogP contribution in [0.2, 0.25) is 0 Å². The summed E-state index contributed by atoms with van der Waals surface area (Å²) in [6.45, 7) is 5.01. The van der Waals surface area contributed by atoms with Gasteiger partial charge in [0.25, 0.3) is 0 Å². The van der Waals surface area contributed by atoms with Crippen molar-refractivity contribution in [2.24, 2.45) is 5.92 Å². The highest BCUT2D eigenvalue weighted by molar-refractivity contribution is 5.07. The summed E-state index contributed by atoms with van der Waals surface area (Å²) in [5.41, 5.74) is 1.23. The third kappa shape index (κ3) is 2.59. The second kappa shape index (κ2) is 5.41. The highest BCUT2D eigenvalue weighted by Crippen LogP contribution is 2.20. The van der Waals surface area contributed by atoms with Gasteiger partial charge in [-0.3, -0.25) is 0 Å². The van der Waals surface area contributed by atoms with Crippen molar-refractivity contribution in [3.05, 3.63) is 17.7 Å². The van der Waals surface area contributed by atoms with E-state index in [2.05, 4.69) is 15.7 Å². The molecule has 4 heteroatoms. The smallest absolute Gasteiger partial charge is 0.109 e. The zero-order valence-corrected chi connectivity index (χ0v) is 11.0. The van der Waals surface area contributed by atoms with E-state index in [1.54, 1.807) is 0 Å². The monoisotopic (exact) mass is 249 g/mol. The van der Waals surface area contributed by atoms with Gasteiger partial charge in [0.15, 0.2) is 0 Å². The number of aliphatic hydroxyl groups is 1. The van der Waals surface area contributed by atoms with E-state index in [0.717, 1.165) is 32.4 Å². The lowest BCUT2D eigenvalue weighted by molar-refractivity contribution is 0.199. The second-order valence-electron chi connectivity index (χ2n) is 5.68. The van der Waals surface area contributed by atoms with Crippen LogP contribution >= 0.6 is 0 Å². The quantitative estimate of drug-likeness (QED) is 0.868. The van der Waals surface area contributed by atoms with Gasteiger partial charge in [0.1, 0.15) is 5.82 Å². The van der Waals surface area contributed by atoms with Crippen molar-refractivity contribution < 1.29 is 5.11 Å². The minimum Gasteiger partial charge on any atom is -0.396 e. The zero-order valence-electron chi connectivity index (χ0n) is 11.0. The Kier molecular flexibility index (Phi) is 3.66. The maximum absolute atomic E-state index is 9.23. The molecule has 0 bridgehead atoms. The predicted octanol–water partition coefficient (Wildman–Crippen LogP) is 1.08. The van der Waals surface area contributed by atoms with E-state index in [-0.39, 0.29) is 0 Å². The Morgan fingerprint density at radius 1 is 1.28 bits per heavy atom. The maximum Gasteiger partial charge on any atom is 0.109 e. The highest BCUT2D eigenvalue weighted by Gasteiger charge is 2.20. The van der Waals surface area contributed by atoms with Crippen molar-refractivity contribution in [1.82, 2.24) is 14.5 Å². The molecule has 0 aliphatic carbocycles. The summed E-state index contributed by atoms with van der Waals surface area (Å²) >= 11 is 0. The molecular formula is C14H23N3O. The molecule has 3 rings (SSSR count). The van der Waals surface area contributed by atoms with Crippen LogP contribution in [0.15, 0.2) is 6.20 Å². The highest BCUT2D eigenvalue weighted by atomic mass is 16.3. The largest absolute Gasteiger partial charge is 0.396 e. The molecule has 0 radical (unpaired) electrons. The van der Waals surface area contributed by atoms with Crippen LogP contribution in [0.25, 0.3) is 0 Å². The van der Waals surface area contributed by atoms with Crippen LogP contribution in [-0.4, -0.2) is 45.8 Å². The summed E-state index contributed by atoms with van der Waals surface area (Å²) in [6, 6.07) is 0. The summed E-state index contributed by atoms with van der Waals surface area (Å²) in [4.78, 5) is 7.27. The minimum absolute atomic E-state index is 0.302. The Bertz CT molecular complexity index is 396. The van der Waals surface area contributed by atoms with Gasteiger partial charge in [0.2, 0.25) is 0 Å². The van der Waals surface area contributed by atoms with Crippen molar-refractivity contribution in [1.29, 1.82) is 0 Å². The van der Waals surface area contributed by atoms with E-state index in [9.17, 15) is 5.11 Å². The number of aryl methyl sites for hydroxylation is 1. The summed E-state index contributed by atoms with van der Waals surface area (Å²) in [6.07, 6.45) is 8.05. The van der Waals surface area contributed by atoms with Crippen LogP contribution in [0.3, 0.4) is 0 Å². The Labute approximate surface area is 109 Å². The number of rotatable bonds is 4. The van der Waals surface area contributed by atoms with Crippen LogP contribution in [0, 0.1) is 5.92 Å². The van der Waals surface area contributed by atoms with Crippen LogP contribution in [-0.2, 0) is 19.4 Å². The molecule has 100 valence electrons. The average molecular weight is 249 g/mol. The third-order valence-electron chi connectivity index (χ3n) is 4.30. The molecule has 4 nitrogen and oxygen atoms in total. The molecule has 0 amide bonds. The molecule has 2 aliphatic heterocycles. The van der Waals surface area contributed by atoms with E-state index in [1.165, 1.54) is 37.4 Å². The van der Waals surface area contributed by atoms with Crippen LogP contribution in [0.1, 0.15) is 30.8 Å². The molecule has 1 unspecified atom stereocenters. The van der Waals surface area contributed by atoms with Gasteiger partial charge in [-0.15, -0.1) is 0 Å². The van der Waals surface area contributed by atoms with E-state index >= 15 is 0 Å². The van der Waals surface area contributed by atoms with Crippen molar-refractivity contribution in [2.45, 2.75) is 38.6 Å². The van der Waals surface area contributed by atoms with Gasteiger partial charge >= 0.3 is 0 Å². The molecule has 1 atom stereocenters. The van der Waals surface area contributed by atoms with E-state index in [4.69, 9.17) is 4.98 Å². The molecule has 18 heavy (non-hydrogen) atoms. The number of hydrogen-bond donors (Lipinski definition) is 1. The van der Waals surface area contributed by atoms with Gasteiger partial charge in [-0.25, -0.2) is 4.98 Å². The average Bonchev–Trinajstić information content (AvgIpc) is 3.04. The first-order valence-corrected chi connectivity index (χ1v) is 7.23. The number of hydrogen-bond acceptors (Lipinski definition) is 3. The van der Waals surface area contributed by atoms with Crippen molar-refractivity contribution in [3.63, 3.8) is 0 Å². The van der Waals surface area contributed by atoms with E-state index in [1.807, 2.05) is 0 Å². The lowest BCUT2D eigenvalue weighted by Gasteiger charge is -2.20. The fourth-order valence-electron chi connectivity index (χ4n) is 3.11. The van der Waals surface area contributed by atoms with Crippen LogP contribution in [0.5, 0.6) is 0 Å². The third-order valence-corrected chi connectivity index (χ3v) is 4.30. The zero-order chi connectivity index (χ0) is 12.4. The molecule has 0 aromatic carbocycles. The Morgan fingerprint density at radius 2 is 2.11 bits per heavy atom. The predicted molar refractivity (Wildman–Crippen MR) is 70.5 cm³/mol. The Morgan fingerprint density at radius 3 is 2.89 bits per heavy atom. The Balaban J connectivity index is 1.59. The lowest BCUT2D eigenvalue weighted by Crippen LogP contribution is -2.22. The molecule has 1 fully saturated rings. The number of nitrogens with zero attached hydrogens (tertiary/aromatic N) is 3. The van der Waals surface area contributed by atoms with Gasteiger partial charge < -0.3 is 14.6 Å². The molecule has 1 aromatic heterocycles. The van der Waals surface area contributed by atoms with E-state index in [0.29, 0.717) is 12.5 Å². The second-order valence-corrected chi connectivity index (χ2v) is 5.68. The molecule has 2 aliphatic rings. The van der Waals surface area contributed by atoms with Gasteiger partial charge in [0.05, 0.1) is 5.69 Å². The molecule has 3 heterocycles. The first-order chi connectivity index (χ1) is 8.85. The van der Waals surface area contributed by atoms with Crippen molar-refractivity contribution >= 4 is 0 Å². The van der Waals surface area contributed by atoms with Crippen LogP contribution in [0.4, 0.5) is 0 Å². The number of imidazole rings is 1. The maximum atomic E-state index is 9.23. The summed E-state index contributed by atoms with van der Waals surface area (Å²) in [5, 5.41) is 9.23. The van der Waals surface area contributed by atoms with Gasteiger partial charge in [-0.05, 0) is 38.3 Å². The number of aromatic nitrogens is 2. The standard InChI is InChI=1S/C14H23N3O/c18-11-12-3-8-17-10-13(15-14(17)9-12)4-7-16-5-1-2-6-16/h10,12,18H,1-9,11H2. The summed E-state index contributed by atoms with van der Waals surface area (Å²) in [7, 11) is 0. The first-order valence-electron chi connectivity index (χ1n) is 7.23.